The van der Waals surface area contributed by atoms with E-state index in [4.69, 9.17) is 5.11 Å². The Bertz CT molecular complexity index is 644. The van der Waals surface area contributed by atoms with Crippen LogP contribution in [0.1, 0.15) is 6.92 Å². The summed E-state index contributed by atoms with van der Waals surface area (Å²) in [7, 11) is 2.07. The molecule has 114 valence electrons. The van der Waals surface area contributed by atoms with Gasteiger partial charge in [-0.25, -0.2) is 4.98 Å². The van der Waals surface area contributed by atoms with E-state index in [1.54, 1.807) is 0 Å². The second-order valence-electron chi connectivity index (χ2n) is 4.76. The first-order valence-electron chi connectivity index (χ1n) is 6.70. The number of imidazole rings is 1. The molecule has 0 saturated carbocycles. The molecule has 21 heavy (non-hydrogen) atoms. The molecule has 1 aromatic heterocycles. The molecule has 1 aromatic carbocycles. The van der Waals surface area contributed by atoms with Crippen molar-refractivity contribution in [3.63, 3.8) is 0 Å². The van der Waals surface area contributed by atoms with Crippen molar-refractivity contribution in [1.29, 1.82) is 0 Å². The minimum Gasteiger partial charge on any atom is -0.481 e. The lowest BCUT2D eigenvalue weighted by molar-refractivity contribution is -0.133. The van der Waals surface area contributed by atoms with Gasteiger partial charge in [0.25, 0.3) is 0 Å². The summed E-state index contributed by atoms with van der Waals surface area (Å²) in [4.78, 5) is 17.6. The monoisotopic (exact) mass is 371 g/mol. The summed E-state index contributed by atoms with van der Waals surface area (Å²) < 4.78 is 3.07. The van der Waals surface area contributed by atoms with Gasteiger partial charge < -0.3 is 14.6 Å². The molecule has 7 heteroatoms. The summed E-state index contributed by atoms with van der Waals surface area (Å²) in [5.41, 5.74) is 1.92. The van der Waals surface area contributed by atoms with Crippen LogP contribution in [0.5, 0.6) is 0 Å². The molecule has 5 nitrogen and oxygen atoms in total. The smallest absolute Gasteiger partial charge is 0.313 e. The fourth-order valence-corrected chi connectivity index (χ4v) is 3.07. The maximum Gasteiger partial charge on any atom is 0.313 e. The third kappa shape index (κ3) is 4.21. The van der Waals surface area contributed by atoms with Gasteiger partial charge in [0.15, 0.2) is 5.16 Å². The molecule has 0 aliphatic rings. The number of benzene rings is 1. The molecule has 0 unspecified atom stereocenters. The molecule has 2 rings (SSSR count). The number of halogens is 1. The SMILES string of the molecule is CCN(C)CCn1c(SCC(=O)O)nc2cc(Br)ccc21. The van der Waals surface area contributed by atoms with Crippen LogP contribution in [-0.4, -0.2) is 51.4 Å². The number of thioether (sulfide) groups is 1. The van der Waals surface area contributed by atoms with Crippen LogP contribution in [0.3, 0.4) is 0 Å². The van der Waals surface area contributed by atoms with Gasteiger partial charge in [-0.2, -0.15) is 0 Å². The van der Waals surface area contributed by atoms with Crippen LogP contribution in [0, 0.1) is 0 Å². The van der Waals surface area contributed by atoms with Crippen LogP contribution in [0.4, 0.5) is 0 Å². The number of rotatable bonds is 7. The number of carbonyl (C=O) groups is 1. The lowest BCUT2D eigenvalue weighted by Gasteiger charge is -2.15. The van der Waals surface area contributed by atoms with E-state index in [-0.39, 0.29) is 5.75 Å². The summed E-state index contributed by atoms with van der Waals surface area (Å²) in [5, 5.41) is 9.63. The Morgan fingerprint density at radius 2 is 2.29 bits per heavy atom. The Kier molecular flexibility index (Phi) is 5.66. The van der Waals surface area contributed by atoms with Crippen LogP contribution in [0.2, 0.25) is 0 Å². The molecule has 0 radical (unpaired) electrons. The van der Waals surface area contributed by atoms with E-state index in [0.717, 1.165) is 40.3 Å². The van der Waals surface area contributed by atoms with Gasteiger partial charge in [-0.3, -0.25) is 4.79 Å². The maximum absolute atomic E-state index is 10.8. The first kappa shape index (κ1) is 16.3. The predicted octanol–water partition coefficient (Wildman–Crippen LogP) is 2.93. The number of hydrogen-bond donors (Lipinski definition) is 1. The minimum absolute atomic E-state index is 0.0219. The highest BCUT2D eigenvalue weighted by Gasteiger charge is 2.13. The summed E-state index contributed by atoms with van der Waals surface area (Å²) in [5.74, 6) is -0.806. The normalized spacial score (nSPS) is 11.4. The van der Waals surface area contributed by atoms with Crippen molar-refractivity contribution in [3.05, 3.63) is 22.7 Å². The molecule has 0 bridgehead atoms. The first-order chi connectivity index (χ1) is 10.0. The molecule has 0 aliphatic carbocycles. The number of likely N-dealkylation sites (N-methyl/N-ethyl adjacent to an activating group) is 1. The zero-order chi connectivity index (χ0) is 15.4. The Morgan fingerprint density at radius 3 is 2.95 bits per heavy atom. The van der Waals surface area contributed by atoms with Crippen molar-refractivity contribution in [3.8, 4) is 0 Å². The van der Waals surface area contributed by atoms with Gasteiger partial charge >= 0.3 is 5.97 Å². The number of aliphatic carboxylic acids is 1. The largest absolute Gasteiger partial charge is 0.481 e. The van der Waals surface area contributed by atoms with Crippen LogP contribution in [0.25, 0.3) is 11.0 Å². The number of aromatic nitrogens is 2. The summed E-state index contributed by atoms with van der Waals surface area (Å²) in [6, 6.07) is 5.96. The fourth-order valence-electron chi connectivity index (χ4n) is 1.96. The molecule has 0 amide bonds. The molecular weight excluding hydrogens is 354 g/mol. The van der Waals surface area contributed by atoms with E-state index in [1.807, 2.05) is 18.2 Å². The Labute approximate surface area is 136 Å². The molecule has 0 atom stereocenters. The third-order valence-electron chi connectivity index (χ3n) is 3.25. The molecule has 0 fully saturated rings. The number of nitrogens with zero attached hydrogens (tertiary/aromatic N) is 3. The highest BCUT2D eigenvalue weighted by atomic mass is 79.9. The van der Waals surface area contributed by atoms with Crippen LogP contribution < -0.4 is 0 Å². The molecule has 0 aliphatic heterocycles. The lowest BCUT2D eigenvalue weighted by atomic mass is 10.3. The van der Waals surface area contributed by atoms with E-state index < -0.39 is 5.97 Å². The van der Waals surface area contributed by atoms with Crippen molar-refractivity contribution in [2.45, 2.75) is 18.6 Å². The first-order valence-corrected chi connectivity index (χ1v) is 8.48. The van der Waals surface area contributed by atoms with E-state index >= 15 is 0 Å². The molecular formula is C14H18BrN3O2S. The third-order valence-corrected chi connectivity index (χ3v) is 4.70. The lowest BCUT2D eigenvalue weighted by Crippen LogP contribution is -2.23. The molecule has 1 heterocycles. The standard InChI is InChI=1S/C14H18BrN3O2S/c1-3-17(2)6-7-18-12-5-4-10(15)8-11(12)16-14(18)21-9-13(19)20/h4-5,8H,3,6-7,9H2,1-2H3,(H,19,20). The number of hydrogen-bond acceptors (Lipinski definition) is 4. The van der Waals surface area contributed by atoms with Gasteiger partial charge in [-0.1, -0.05) is 34.6 Å². The van der Waals surface area contributed by atoms with Gasteiger partial charge in [-0.05, 0) is 31.8 Å². The average Bonchev–Trinajstić information content (AvgIpc) is 2.79. The summed E-state index contributed by atoms with van der Waals surface area (Å²) >= 11 is 4.71. The average molecular weight is 372 g/mol. The van der Waals surface area contributed by atoms with E-state index in [1.165, 1.54) is 11.8 Å². The number of fused-ring (bicyclic) bond motifs is 1. The summed E-state index contributed by atoms with van der Waals surface area (Å²) in [6.07, 6.45) is 0. The van der Waals surface area contributed by atoms with Crippen molar-refractivity contribution in [1.82, 2.24) is 14.5 Å². The molecule has 1 N–H and O–H groups in total. The quantitative estimate of drug-likeness (QED) is 0.758. The number of carboxylic acid groups (broad SMARTS) is 1. The van der Waals surface area contributed by atoms with Gasteiger partial charge in [0, 0.05) is 17.6 Å². The maximum atomic E-state index is 10.8. The van der Waals surface area contributed by atoms with Crippen molar-refractivity contribution in [2.75, 3.05) is 25.9 Å². The topological polar surface area (TPSA) is 58.4 Å². The molecule has 0 spiro atoms. The Hall–Kier alpha value is -1.05. The van der Waals surface area contributed by atoms with Crippen LogP contribution in [0.15, 0.2) is 27.8 Å². The zero-order valence-corrected chi connectivity index (χ0v) is 14.4. The molecule has 2 aromatic rings. The van der Waals surface area contributed by atoms with Crippen LogP contribution >= 0.6 is 27.7 Å². The summed E-state index contributed by atoms with van der Waals surface area (Å²) in [6.45, 7) is 4.79. The van der Waals surface area contributed by atoms with E-state index in [2.05, 4.69) is 44.4 Å². The van der Waals surface area contributed by atoms with Gasteiger partial charge in [0.1, 0.15) is 0 Å². The van der Waals surface area contributed by atoms with Crippen molar-refractivity contribution in [2.24, 2.45) is 0 Å². The molecule has 0 saturated heterocycles. The van der Waals surface area contributed by atoms with Crippen molar-refractivity contribution < 1.29 is 9.90 Å². The van der Waals surface area contributed by atoms with Crippen LogP contribution in [-0.2, 0) is 11.3 Å². The number of carboxylic acids is 1. The highest BCUT2D eigenvalue weighted by Crippen LogP contribution is 2.26. The second kappa shape index (κ2) is 7.29. The Morgan fingerprint density at radius 1 is 1.52 bits per heavy atom. The zero-order valence-electron chi connectivity index (χ0n) is 12.0. The van der Waals surface area contributed by atoms with E-state index in [0.29, 0.717) is 0 Å². The minimum atomic E-state index is -0.828. The predicted molar refractivity (Wildman–Crippen MR) is 89.0 cm³/mol. The second-order valence-corrected chi connectivity index (χ2v) is 6.62. The van der Waals surface area contributed by atoms with E-state index in [9.17, 15) is 4.79 Å². The van der Waals surface area contributed by atoms with Gasteiger partial charge in [0.05, 0.1) is 16.8 Å². The highest BCUT2D eigenvalue weighted by molar-refractivity contribution is 9.10. The Balaban J connectivity index is 2.32. The van der Waals surface area contributed by atoms with Gasteiger partial charge in [-0.15, -0.1) is 0 Å². The van der Waals surface area contributed by atoms with Gasteiger partial charge in [0.2, 0.25) is 0 Å². The van der Waals surface area contributed by atoms with Crippen molar-refractivity contribution >= 4 is 44.7 Å². The fraction of sp³-hybridized carbons (Fsp3) is 0.429.